The number of carbonyl (C=O) groups excluding carboxylic acids is 1. The predicted molar refractivity (Wildman–Crippen MR) is 91.0 cm³/mol. The van der Waals surface area contributed by atoms with Crippen molar-refractivity contribution in [2.45, 2.75) is 33.7 Å². The van der Waals surface area contributed by atoms with Crippen LogP contribution in [0.2, 0.25) is 0 Å². The Bertz CT molecular complexity index is 698. The molecular formula is C18H24N2O3. The van der Waals surface area contributed by atoms with E-state index < -0.39 is 0 Å². The first kappa shape index (κ1) is 17.1. The van der Waals surface area contributed by atoms with E-state index in [0.29, 0.717) is 11.7 Å². The lowest BCUT2D eigenvalue weighted by atomic mass is 10.1. The predicted octanol–water partition coefficient (Wildman–Crippen LogP) is 3.09. The molecule has 2 rings (SSSR count). The maximum atomic E-state index is 12.0. The fraction of sp³-hybridized carbons (Fsp3) is 0.444. The van der Waals surface area contributed by atoms with E-state index in [-0.39, 0.29) is 18.6 Å². The summed E-state index contributed by atoms with van der Waals surface area (Å²) < 4.78 is 11.0. The number of benzene rings is 1. The lowest BCUT2D eigenvalue weighted by Crippen LogP contribution is -2.38. The molecule has 1 unspecified atom stereocenters. The smallest absolute Gasteiger partial charge is 0.258 e. The largest absolute Gasteiger partial charge is 0.497 e. The molecule has 0 saturated heterocycles. The Labute approximate surface area is 137 Å². The first-order chi connectivity index (χ1) is 10.9. The molecule has 0 aliphatic rings. The molecule has 0 aliphatic carbocycles. The molecule has 5 nitrogen and oxygen atoms in total. The van der Waals surface area contributed by atoms with Crippen molar-refractivity contribution in [3.05, 3.63) is 30.0 Å². The van der Waals surface area contributed by atoms with Gasteiger partial charge in [0.2, 0.25) is 0 Å². The summed E-state index contributed by atoms with van der Waals surface area (Å²) in [5, 5.41) is 3.76. The summed E-state index contributed by atoms with van der Waals surface area (Å²) in [6.45, 7) is 8.00. The van der Waals surface area contributed by atoms with Crippen molar-refractivity contribution < 1.29 is 14.3 Å². The zero-order valence-corrected chi connectivity index (χ0v) is 14.3. The molecule has 1 aromatic carbocycles. The van der Waals surface area contributed by atoms with E-state index in [0.717, 1.165) is 22.3 Å². The van der Waals surface area contributed by atoms with Crippen LogP contribution in [0.5, 0.6) is 11.5 Å². The number of rotatable bonds is 6. The number of nitrogens with one attached hydrogen (secondary N) is 1. The summed E-state index contributed by atoms with van der Waals surface area (Å²) in [4.78, 5) is 16.5. The minimum absolute atomic E-state index is 0.0210. The Hall–Kier alpha value is -2.30. The molecule has 124 valence electrons. The second-order valence-electron chi connectivity index (χ2n) is 6.03. The number of fused-ring (bicyclic) bond motifs is 1. The van der Waals surface area contributed by atoms with Gasteiger partial charge in [-0.3, -0.25) is 9.78 Å². The third-order valence-electron chi connectivity index (χ3n) is 3.85. The number of hydrogen-bond donors (Lipinski definition) is 1. The Balaban J connectivity index is 2.17. The highest BCUT2D eigenvalue weighted by atomic mass is 16.5. The summed E-state index contributed by atoms with van der Waals surface area (Å²) in [7, 11) is 1.62. The minimum atomic E-state index is -0.128. The molecule has 1 N–H and O–H groups in total. The number of methoxy groups -OCH3 is 1. The molecule has 0 aliphatic heterocycles. The fourth-order valence-electron chi connectivity index (χ4n) is 2.15. The van der Waals surface area contributed by atoms with Gasteiger partial charge in [0.05, 0.1) is 12.6 Å². The number of aryl methyl sites for hydroxylation is 1. The van der Waals surface area contributed by atoms with Gasteiger partial charge in [-0.25, -0.2) is 0 Å². The number of amides is 1. The molecule has 1 aromatic heterocycles. The van der Waals surface area contributed by atoms with Crippen molar-refractivity contribution in [2.24, 2.45) is 5.92 Å². The molecule has 0 bridgehead atoms. The van der Waals surface area contributed by atoms with Crippen LogP contribution in [-0.4, -0.2) is 30.6 Å². The van der Waals surface area contributed by atoms with Crippen LogP contribution in [0.25, 0.3) is 10.9 Å². The third-order valence-corrected chi connectivity index (χ3v) is 3.85. The van der Waals surface area contributed by atoms with Crippen molar-refractivity contribution >= 4 is 16.8 Å². The van der Waals surface area contributed by atoms with E-state index in [4.69, 9.17) is 9.47 Å². The van der Waals surface area contributed by atoms with Crippen molar-refractivity contribution in [2.75, 3.05) is 13.7 Å². The van der Waals surface area contributed by atoms with Gasteiger partial charge in [0.1, 0.15) is 11.5 Å². The standard InChI is InChI=1S/C18H24N2O3/c1-11(2)13(4)20-18(21)10-23-17-8-12(3)19-16-7-6-14(22-5)9-15(16)17/h6-9,11,13H,10H2,1-5H3,(H,20,21). The first-order valence-corrected chi connectivity index (χ1v) is 7.78. The van der Waals surface area contributed by atoms with Crippen molar-refractivity contribution in [1.82, 2.24) is 10.3 Å². The number of aromatic nitrogens is 1. The number of pyridine rings is 1. The Morgan fingerprint density at radius 1 is 1.26 bits per heavy atom. The van der Waals surface area contributed by atoms with Gasteiger partial charge in [-0.2, -0.15) is 0 Å². The van der Waals surface area contributed by atoms with Crippen molar-refractivity contribution in [3.8, 4) is 11.5 Å². The average Bonchev–Trinajstić information content (AvgIpc) is 2.51. The average molecular weight is 316 g/mol. The molecule has 1 atom stereocenters. The van der Waals surface area contributed by atoms with E-state index in [2.05, 4.69) is 24.1 Å². The molecule has 1 heterocycles. The van der Waals surface area contributed by atoms with Gasteiger partial charge in [0.25, 0.3) is 5.91 Å². The Morgan fingerprint density at radius 3 is 2.65 bits per heavy atom. The van der Waals surface area contributed by atoms with Crippen molar-refractivity contribution in [3.63, 3.8) is 0 Å². The number of nitrogens with zero attached hydrogens (tertiary/aromatic N) is 1. The normalized spacial score (nSPS) is 12.3. The van der Waals surface area contributed by atoms with Crippen LogP contribution in [0, 0.1) is 12.8 Å². The zero-order valence-electron chi connectivity index (χ0n) is 14.3. The highest BCUT2D eigenvalue weighted by molar-refractivity contribution is 5.87. The van der Waals surface area contributed by atoms with Crippen LogP contribution in [0.3, 0.4) is 0 Å². The molecule has 2 aromatic rings. The highest BCUT2D eigenvalue weighted by Gasteiger charge is 2.13. The summed E-state index contributed by atoms with van der Waals surface area (Å²) in [6, 6.07) is 7.55. The maximum absolute atomic E-state index is 12.0. The van der Waals surface area contributed by atoms with E-state index in [1.54, 1.807) is 7.11 Å². The van der Waals surface area contributed by atoms with Gasteiger partial charge < -0.3 is 14.8 Å². The van der Waals surface area contributed by atoms with E-state index in [1.165, 1.54) is 0 Å². The molecule has 5 heteroatoms. The molecule has 23 heavy (non-hydrogen) atoms. The summed E-state index contributed by atoms with van der Waals surface area (Å²) >= 11 is 0. The second kappa shape index (κ2) is 7.31. The summed E-state index contributed by atoms with van der Waals surface area (Å²) in [5.41, 5.74) is 1.66. The molecular weight excluding hydrogens is 292 g/mol. The first-order valence-electron chi connectivity index (χ1n) is 7.78. The van der Waals surface area contributed by atoms with Crippen LogP contribution in [0.15, 0.2) is 24.3 Å². The van der Waals surface area contributed by atoms with Crippen LogP contribution >= 0.6 is 0 Å². The maximum Gasteiger partial charge on any atom is 0.258 e. The SMILES string of the molecule is COc1ccc2nc(C)cc(OCC(=O)NC(C)C(C)C)c2c1. The Kier molecular flexibility index (Phi) is 5.42. The lowest BCUT2D eigenvalue weighted by Gasteiger charge is -2.18. The van der Waals surface area contributed by atoms with Gasteiger partial charge in [0.15, 0.2) is 6.61 Å². The monoisotopic (exact) mass is 316 g/mol. The Morgan fingerprint density at radius 2 is 2.00 bits per heavy atom. The number of carbonyl (C=O) groups is 1. The van der Waals surface area contributed by atoms with Gasteiger partial charge in [-0.15, -0.1) is 0 Å². The summed E-state index contributed by atoms with van der Waals surface area (Å²) in [6.07, 6.45) is 0. The topological polar surface area (TPSA) is 60.5 Å². The van der Waals surface area contributed by atoms with Crippen LogP contribution in [-0.2, 0) is 4.79 Å². The van der Waals surface area contributed by atoms with Crippen LogP contribution in [0.4, 0.5) is 0 Å². The molecule has 0 fully saturated rings. The van der Waals surface area contributed by atoms with Crippen LogP contribution in [0.1, 0.15) is 26.5 Å². The quantitative estimate of drug-likeness (QED) is 0.889. The number of hydrogen-bond acceptors (Lipinski definition) is 4. The molecule has 1 amide bonds. The fourth-order valence-corrected chi connectivity index (χ4v) is 2.15. The second-order valence-corrected chi connectivity index (χ2v) is 6.03. The minimum Gasteiger partial charge on any atom is -0.497 e. The van der Waals surface area contributed by atoms with E-state index in [9.17, 15) is 4.79 Å². The van der Waals surface area contributed by atoms with Crippen LogP contribution < -0.4 is 14.8 Å². The molecule has 0 saturated carbocycles. The van der Waals surface area contributed by atoms with E-state index >= 15 is 0 Å². The summed E-state index contributed by atoms with van der Waals surface area (Å²) in [5.74, 6) is 1.62. The third kappa shape index (κ3) is 4.34. The highest BCUT2D eigenvalue weighted by Crippen LogP contribution is 2.28. The van der Waals surface area contributed by atoms with Gasteiger partial charge >= 0.3 is 0 Å². The number of ether oxygens (including phenoxy) is 2. The van der Waals surface area contributed by atoms with Crippen molar-refractivity contribution in [1.29, 1.82) is 0 Å². The lowest BCUT2D eigenvalue weighted by molar-refractivity contribution is -0.123. The molecule has 0 radical (unpaired) electrons. The van der Waals surface area contributed by atoms with Gasteiger partial charge in [-0.1, -0.05) is 13.8 Å². The van der Waals surface area contributed by atoms with Gasteiger partial charge in [0, 0.05) is 23.2 Å². The van der Waals surface area contributed by atoms with E-state index in [1.807, 2.05) is 38.1 Å². The van der Waals surface area contributed by atoms with Gasteiger partial charge in [-0.05, 0) is 38.0 Å². The zero-order chi connectivity index (χ0) is 17.0. The molecule has 0 spiro atoms.